The van der Waals surface area contributed by atoms with Crippen LogP contribution in [-0.4, -0.2) is 26.2 Å². The summed E-state index contributed by atoms with van der Waals surface area (Å²) in [7, 11) is -3.03. The summed E-state index contributed by atoms with van der Waals surface area (Å²) in [6, 6.07) is 0. The van der Waals surface area contributed by atoms with Gasteiger partial charge in [-0.1, -0.05) is 13.8 Å². The molecule has 0 aromatic rings. The van der Waals surface area contributed by atoms with E-state index in [-0.39, 0.29) is 23.4 Å². The van der Waals surface area contributed by atoms with Gasteiger partial charge in [0.15, 0.2) is 0 Å². The lowest BCUT2D eigenvalue weighted by molar-refractivity contribution is -0.121. The molecule has 0 amide bonds. The highest BCUT2D eigenvalue weighted by atomic mass is 32.2. The van der Waals surface area contributed by atoms with Gasteiger partial charge in [-0.25, -0.2) is 8.42 Å². The number of carbonyl (C=O) groups is 1. The molecule has 0 spiro atoms. The van der Waals surface area contributed by atoms with Crippen LogP contribution in [0.15, 0.2) is 0 Å². The normalized spacial score (nSPS) is 14.8. The average Bonchev–Trinajstić information content (AvgIpc) is 1.79. The van der Waals surface area contributed by atoms with E-state index in [1.54, 1.807) is 0 Å². The molecule has 0 aliphatic heterocycles. The van der Waals surface area contributed by atoms with E-state index in [1.807, 2.05) is 13.8 Å². The van der Waals surface area contributed by atoms with Crippen LogP contribution in [-0.2, 0) is 14.6 Å². The zero-order valence-corrected chi connectivity index (χ0v) is 8.81. The standard InChI is InChI=1S/C8H16O3S/c1-6(2)8(7(3)9)5-12(4,10)11/h6,8H,5H2,1-4H3. The summed E-state index contributed by atoms with van der Waals surface area (Å²) in [5, 5.41) is 0. The van der Waals surface area contributed by atoms with Gasteiger partial charge in [0.25, 0.3) is 0 Å². The maximum absolute atomic E-state index is 11.0. The quantitative estimate of drug-likeness (QED) is 0.664. The molecule has 0 aliphatic rings. The summed E-state index contributed by atoms with van der Waals surface area (Å²) >= 11 is 0. The lowest BCUT2D eigenvalue weighted by Crippen LogP contribution is -2.26. The Bertz CT molecular complexity index is 251. The first kappa shape index (κ1) is 11.6. The van der Waals surface area contributed by atoms with Gasteiger partial charge in [0, 0.05) is 12.2 Å². The van der Waals surface area contributed by atoms with Gasteiger partial charge in [-0.15, -0.1) is 0 Å². The summed E-state index contributed by atoms with van der Waals surface area (Å²) in [4.78, 5) is 11.0. The lowest BCUT2D eigenvalue weighted by Gasteiger charge is -2.15. The van der Waals surface area contributed by atoms with Crippen molar-refractivity contribution in [2.45, 2.75) is 20.8 Å². The first-order valence-corrected chi connectivity index (χ1v) is 5.98. The van der Waals surface area contributed by atoms with Crippen molar-refractivity contribution >= 4 is 15.6 Å². The Morgan fingerprint density at radius 3 is 1.83 bits per heavy atom. The fourth-order valence-corrected chi connectivity index (χ4v) is 2.38. The number of rotatable bonds is 4. The van der Waals surface area contributed by atoms with E-state index in [0.717, 1.165) is 6.26 Å². The van der Waals surface area contributed by atoms with E-state index in [1.165, 1.54) is 6.92 Å². The van der Waals surface area contributed by atoms with Crippen molar-refractivity contribution in [3.05, 3.63) is 0 Å². The molecular weight excluding hydrogens is 176 g/mol. The first-order valence-electron chi connectivity index (χ1n) is 3.92. The van der Waals surface area contributed by atoms with Crippen LogP contribution in [0.1, 0.15) is 20.8 Å². The van der Waals surface area contributed by atoms with Crippen LogP contribution in [0.5, 0.6) is 0 Å². The van der Waals surface area contributed by atoms with Crippen molar-refractivity contribution in [1.29, 1.82) is 0 Å². The molecular formula is C8H16O3S. The predicted molar refractivity (Wildman–Crippen MR) is 48.7 cm³/mol. The van der Waals surface area contributed by atoms with E-state index in [9.17, 15) is 13.2 Å². The highest BCUT2D eigenvalue weighted by Gasteiger charge is 2.22. The third kappa shape index (κ3) is 4.49. The summed E-state index contributed by atoms with van der Waals surface area (Å²) in [5.74, 6) is -0.326. The summed E-state index contributed by atoms with van der Waals surface area (Å²) in [5.41, 5.74) is 0. The van der Waals surface area contributed by atoms with Gasteiger partial charge in [0.05, 0.1) is 5.75 Å². The minimum Gasteiger partial charge on any atom is -0.300 e. The molecule has 0 N–H and O–H groups in total. The van der Waals surface area contributed by atoms with E-state index in [4.69, 9.17) is 0 Å². The van der Waals surface area contributed by atoms with E-state index in [0.29, 0.717) is 0 Å². The third-order valence-electron chi connectivity index (χ3n) is 1.81. The molecule has 1 unspecified atom stereocenters. The molecule has 0 aromatic heterocycles. The predicted octanol–water partition coefficient (Wildman–Crippen LogP) is 0.892. The molecule has 1 atom stereocenters. The van der Waals surface area contributed by atoms with Crippen LogP contribution >= 0.6 is 0 Å². The van der Waals surface area contributed by atoms with Crippen molar-refractivity contribution in [2.24, 2.45) is 11.8 Å². The second-order valence-corrected chi connectivity index (χ2v) is 5.74. The Hall–Kier alpha value is -0.380. The Morgan fingerprint density at radius 1 is 1.33 bits per heavy atom. The molecule has 0 saturated carbocycles. The highest BCUT2D eigenvalue weighted by molar-refractivity contribution is 7.90. The van der Waals surface area contributed by atoms with E-state index < -0.39 is 9.84 Å². The van der Waals surface area contributed by atoms with Gasteiger partial charge in [0.2, 0.25) is 0 Å². The summed E-state index contributed by atoms with van der Waals surface area (Å²) in [6.45, 7) is 5.16. The summed E-state index contributed by atoms with van der Waals surface area (Å²) < 4.78 is 21.8. The van der Waals surface area contributed by atoms with Gasteiger partial charge < -0.3 is 0 Å². The third-order valence-corrected chi connectivity index (χ3v) is 2.77. The van der Waals surface area contributed by atoms with Crippen LogP contribution in [0.4, 0.5) is 0 Å². The monoisotopic (exact) mass is 192 g/mol. The Morgan fingerprint density at radius 2 is 1.75 bits per heavy atom. The molecule has 0 aromatic carbocycles. The van der Waals surface area contributed by atoms with Gasteiger partial charge >= 0.3 is 0 Å². The van der Waals surface area contributed by atoms with E-state index >= 15 is 0 Å². The van der Waals surface area contributed by atoms with Gasteiger partial charge in [0.1, 0.15) is 15.6 Å². The largest absolute Gasteiger partial charge is 0.300 e. The smallest absolute Gasteiger partial charge is 0.148 e. The number of ketones is 1. The van der Waals surface area contributed by atoms with Crippen molar-refractivity contribution in [3.63, 3.8) is 0 Å². The van der Waals surface area contributed by atoms with Gasteiger partial charge in [-0.2, -0.15) is 0 Å². The maximum atomic E-state index is 11.0. The van der Waals surface area contributed by atoms with Crippen LogP contribution in [0.3, 0.4) is 0 Å². The Labute approximate surface area is 74.1 Å². The molecule has 0 rings (SSSR count). The fraction of sp³-hybridized carbons (Fsp3) is 0.875. The number of hydrogen-bond acceptors (Lipinski definition) is 3. The molecule has 0 bridgehead atoms. The maximum Gasteiger partial charge on any atom is 0.148 e. The number of Topliss-reactive ketones (excluding diaryl/α,β-unsaturated/α-hetero) is 1. The average molecular weight is 192 g/mol. The Kier molecular flexibility index (Phi) is 3.90. The van der Waals surface area contributed by atoms with Crippen molar-refractivity contribution in [1.82, 2.24) is 0 Å². The van der Waals surface area contributed by atoms with Crippen molar-refractivity contribution < 1.29 is 13.2 Å². The van der Waals surface area contributed by atoms with Crippen LogP contribution in [0.2, 0.25) is 0 Å². The topological polar surface area (TPSA) is 51.2 Å². The minimum absolute atomic E-state index is 0.0278. The molecule has 4 heteroatoms. The number of hydrogen-bond donors (Lipinski definition) is 0. The minimum atomic E-state index is -3.03. The molecule has 72 valence electrons. The van der Waals surface area contributed by atoms with Crippen molar-refractivity contribution in [3.8, 4) is 0 Å². The molecule has 12 heavy (non-hydrogen) atoms. The second-order valence-electron chi connectivity index (χ2n) is 3.55. The molecule has 0 heterocycles. The molecule has 3 nitrogen and oxygen atoms in total. The molecule has 0 radical (unpaired) electrons. The summed E-state index contributed by atoms with van der Waals surface area (Å²) in [6.07, 6.45) is 1.16. The molecule has 0 saturated heterocycles. The first-order chi connectivity index (χ1) is 5.24. The van der Waals surface area contributed by atoms with Gasteiger partial charge in [-0.3, -0.25) is 4.79 Å². The van der Waals surface area contributed by atoms with Crippen LogP contribution < -0.4 is 0 Å². The zero-order valence-electron chi connectivity index (χ0n) is 7.99. The zero-order chi connectivity index (χ0) is 9.94. The number of sulfone groups is 1. The molecule has 0 aliphatic carbocycles. The SMILES string of the molecule is CC(=O)C(CS(C)(=O)=O)C(C)C. The second kappa shape index (κ2) is 4.03. The van der Waals surface area contributed by atoms with Gasteiger partial charge in [-0.05, 0) is 12.8 Å². The van der Waals surface area contributed by atoms with Crippen LogP contribution in [0.25, 0.3) is 0 Å². The van der Waals surface area contributed by atoms with E-state index in [2.05, 4.69) is 0 Å². The molecule has 0 fully saturated rings. The lowest BCUT2D eigenvalue weighted by atomic mass is 9.94. The van der Waals surface area contributed by atoms with Crippen LogP contribution in [0, 0.1) is 11.8 Å². The van der Waals surface area contributed by atoms with Crippen molar-refractivity contribution in [2.75, 3.05) is 12.0 Å². The fourth-order valence-electron chi connectivity index (χ4n) is 1.11. The number of carbonyl (C=O) groups excluding carboxylic acids is 1. The Balaban J connectivity index is 4.46. The highest BCUT2D eigenvalue weighted by Crippen LogP contribution is 2.13.